The van der Waals surface area contributed by atoms with Gasteiger partial charge in [0.15, 0.2) is 5.78 Å². The van der Waals surface area contributed by atoms with E-state index in [9.17, 15) is 15.0 Å². The van der Waals surface area contributed by atoms with Gasteiger partial charge in [0.2, 0.25) is 0 Å². The normalized spacial score (nSPS) is 55.8. The summed E-state index contributed by atoms with van der Waals surface area (Å²) in [6.07, 6.45) is 9.11. The molecule has 4 saturated carbocycles. The molecule has 4 rings (SSSR count). The van der Waals surface area contributed by atoms with Crippen LogP contribution in [-0.4, -0.2) is 21.6 Å². The van der Waals surface area contributed by atoms with Crippen LogP contribution in [0.1, 0.15) is 72.1 Å². The van der Waals surface area contributed by atoms with Crippen molar-refractivity contribution < 1.29 is 15.0 Å². The lowest BCUT2D eigenvalue weighted by Gasteiger charge is -2.61. The summed E-state index contributed by atoms with van der Waals surface area (Å²) >= 11 is 0. The Morgan fingerprint density at radius 1 is 1.04 bits per heavy atom. The molecule has 2 unspecified atom stereocenters. The lowest BCUT2D eigenvalue weighted by molar-refractivity contribution is -0.147. The lowest BCUT2D eigenvalue weighted by atomic mass is 9.44. The summed E-state index contributed by atoms with van der Waals surface area (Å²) in [4.78, 5) is 12.2. The highest BCUT2D eigenvalue weighted by molar-refractivity contribution is 5.96. The van der Waals surface area contributed by atoms with E-state index in [0.717, 1.165) is 44.8 Å². The van der Waals surface area contributed by atoms with Crippen molar-refractivity contribution in [3.05, 3.63) is 11.8 Å². The van der Waals surface area contributed by atoms with E-state index < -0.39 is 5.60 Å². The average molecular weight is 332 g/mol. The predicted molar refractivity (Wildman–Crippen MR) is 93.5 cm³/mol. The van der Waals surface area contributed by atoms with Crippen LogP contribution in [0.5, 0.6) is 0 Å². The number of hydrogen-bond donors (Lipinski definition) is 2. The molecular formula is C21H32O3. The van der Waals surface area contributed by atoms with Crippen LogP contribution in [0.3, 0.4) is 0 Å². The van der Waals surface area contributed by atoms with Crippen LogP contribution in [0.25, 0.3) is 0 Å². The molecule has 0 aromatic rings. The van der Waals surface area contributed by atoms with Gasteiger partial charge in [-0.25, -0.2) is 0 Å². The van der Waals surface area contributed by atoms with E-state index in [-0.39, 0.29) is 16.6 Å². The van der Waals surface area contributed by atoms with Gasteiger partial charge in [0.25, 0.3) is 0 Å². The largest absolute Gasteiger partial charge is 0.515 e. The molecular weight excluding hydrogens is 300 g/mol. The molecule has 0 aromatic heterocycles. The topological polar surface area (TPSA) is 57.5 Å². The standard InChI is InChI=1S/C21H32O3/c1-19-11-13(12-22)18(23)10-14(19)4-5-15-16(19)6-8-20(2)17(15)7-9-21(20,3)24/h12,14-17,22,24H,4-11H2,1-3H3/t14?,15-,16+,17+,19+,20+,21?/m1/s1. The number of fused-ring (bicyclic) bond motifs is 5. The molecule has 4 fully saturated rings. The first kappa shape index (κ1) is 16.6. The maximum Gasteiger partial charge on any atom is 0.162 e. The van der Waals surface area contributed by atoms with Gasteiger partial charge >= 0.3 is 0 Å². The van der Waals surface area contributed by atoms with Gasteiger partial charge in [-0.2, -0.15) is 0 Å². The Kier molecular flexibility index (Phi) is 3.53. The Morgan fingerprint density at radius 2 is 1.75 bits per heavy atom. The summed E-state index contributed by atoms with van der Waals surface area (Å²) in [6, 6.07) is 0. The number of carbonyl (C=O) groups is 1. The zero-order valence-corrected chi connectivity index (χ0v) is 15.3. The Bertz CT molecular complexity index is 592. The molecule has 0 heterocycles. The minimum atomic E-state index is -0.529. The molecule has 4 aliphatic rings. The van der Waals surface area contributed by atoms with Crippen molar-refractivity contribution in [1.29, 1.82) is 0 Å². The number of aliphatic hydroxyl groups excluding tert-OH is 1. The van der Waals surface area contributed by atoms with Crippen LogP contribution >= 0.6 is 0 Å². The van der Waals surface area contributed by atoms with Crippen LogP contribution in [0.15, 0.2) is 11.8 Å². The van der Waals surface area contributed by atoms with Gasteiger partial charge in [0.05, 0.1) is 11.9 Å². The monoisotopic (exact) mass is 332 g/mol. The van der Waals surface area contributed by atoms with E-state index in [2.05, 4.69) is 13.8 Å². The third-order valence-electron chi connectivity index (χ3n) is 9.14. The third-order valence-corrected chi connectivity index (χ3v) is 9.14. The molecule has 0 saturated heterocycles. The van der Waals surface area contributed by atoms with Crippen molar-refractivity contribution in [3.63, 3.8) is 0 Å². The number of rotatable bonds is 0. The van der Waals surface area contributed by atoms with Crippen LogP contribution in [-0.2, 0) is 4.79 Å². The van der Waals surface area contributed by atoms with Crippen LogP contribution in [0.2, 0.25) is 0 Å². The molecule has 2 N–H and O–H groups in total. The van der Waals surface area contributed by atoms with Gasteiger partial charge in [-0.15, -0.1) is 0 Å². The Labute approximate surface area is 145 Å². The van der Waals surface area contributed by atoms with E-state index in [1.54, 1.807) is 0 Å². The average Bonchev–Trinajstić information content (AvgIpc) is 2.77. The summed E-state index contributed by atoms with van der Waals surface area (Å²) in [6.45, 7) is 6.74. The summed E-state index contributed by atoms with van der Waals surface area (Å²) in [7, 11) is 0. The van der Waals surface area contributed by atoms with Crippen molar-refractivity contribution in [2.45, 2.75) is 77.7 Å². The molecule has 0 spiro atoms. The van der Waals surface area contributed by atoms with E-state index >= 15 is 0 Å². The number of ketones is 1. The van der Waals surface area contributed by atoms with E-state index in [1.807, 2.05) is 6.92 Å². The quantitative estimate of drug-likeness (QED) is 0.510. The van der Waals surface area contributed by atoms with Gasteiger partial charge in [-0.05, 0) is 86.4 Å². The van der Waals surface area contributed by atoms with Crippen molar-refractivity contribution in [3.8, 4) is 0 Å². The first-order valence-corrected chi connectivity index (χ1v) is 9.82. The van der Waals surface area contributed by atoms with Crippen molar-refractivity contribution in [1.82, 2.24) is 0 Å². The molecule has 3 heteroatoms. The highest BCUT2D eigenvalue weighted by Gasteiger charge is 2.63. The van der Waals surface area contributed by atoms with E-state index in [4.69, 9.17) is 0 Å². The van der Waals surface area contributed by atoms with Crippen molar-refractivity contribution >= 4 is 5.78 Å². The van der Waals surface area contributed by atoms with Crippen LogP contribution < -0.4 is 0 Å². The Balaban J connectivity index is 1.67. The molecule has 0 bridgehead atoms. The van der Waals surface area contributed by atoms with E-state index in [0.29, 0.717) is 35.7 Å². The summed E-state index contributed by atoms with van der Waals surface area (Å²) < 4.78 is 0. The minimum Gasteiger partial charge on any atom is -0.515 e. The Morgan fingerprint density at radius 3 is 2.46 bits per heavy atom. The maximum absolute atomic E-state index is 12.2. The third kappa shape index (κ3) is 1.97. The predicted octanol–water partition coefficient (Wildman–Crippen LogP) is 4.40. The molecule has 4 aliphatic carbocycles. The first-order valence-electron chi connectivity index (χ1n) is 9.82. The van der Waals surface area contributed by atoms with Gasteiger partial charge < -0.3 is 10.2 Å². The number of hydrogen-bond acceptors (Lipinski definition) is 3. The molecule has 0 amide bonds. The van der Waals surface area contributed by atoms with Gasteiger partial charge in [-0.3, -0.25) is 4.79 Å². The fraction of sp³-hybridized carbons (Fsp3) is 0.857. The second-order valence-corrected chi connectivity index (χ2v) is 9.88. The number of Topliss-reactive ketones (excluding diaryl/α,β-unsaturated/α-hetero) is 1. The second-order valence-electron chi connectivity index (χ2n) is 9.88. The zero-order chi connectivity index (χ0) is 17.3. The minimum absolute atomic E-state index is 0.0531. The smallest absolute Gasteiger partial charge is 0.162 e. The fourth-order valence-electron chi connectivity index (χ4n) is 7.37. The summed E-state index contributed by atoms with van der Waals surface area (Å²) in [5.74, 6) is 2.55. The van der Waals surface area contributed by atoms with Crippen LogP contribution in [0, 0.1) is 34.5 Å². The lowest BCUT2D eigenvalue weighted by Crippen LogP contribution is -2.56. The van der Waals surface area contributed by atoms with Crippen molar-refractivity contribution in [2.24, 2.45) is 34.5 Å². The van der Waals surface area contributed by atoms with Gasteiger partial charge in [0.1, 0.15) is 0 Å². The maximum atomic E-state index is 12.2. The number of aliphatic hydroxyl groups is 2. The van der Waals surface area contributed by atoms with E-state index in [1.165, 1.54) is 6.42 Å². The molecule has 134 valence electrons. The fourth-order valence-corrected chi connectivity index (χ4v) is 7.37. The molecule has 3 nitrogen and oxygen atoms in total. The zero-order valence-electron chi connectivity index (χ0n) is 15.3. The number of carbonyl (C=O) groups excluding carboxylic acids is 1. The molecule has 0 aromatic carbocycles. The molecule has 7 atom stereocenters. The number of allylic oxidation sites excluding steroid dienone is 1. The summed E-state index contributed by atoms with van der Waals surface area (Å²) in [5.41, 5.74) is 0.304. The summed E-state index contributed by atoms with van der Waals surface area (Å²) in [5, 5.41) is 20.5. The van der Waals surface area contributed by atoms with Gasteiger partial charge in [-0.1, -0.05) is 13.8 Å². The Hall–Kier alpha value is -0.830. The van der Waals surface area contributed by atoms with Crippen LogP contribution in [0.4, 0.5) is 0 Å². The molecule has 24 heavy (non-hydrogen) atoms. The molecule has 0 radical (unpaired) electrons. The van der Waals surface area contributed by atoms with Gasteiger partial charge in [0, 0.05) is 12.0 Å². The first-order chi connectivity index (χ1) is 11.2. The highest BCUT2D eigenvalue weighted by Crippen LogP contribution is 2.68. The SMILES string of the molecule is CC1(O)CC[C@H]2[C@@H]3CCC4CC(=O)C(=CO)C[C@]4(C)[C@H]3CC[C@@]21C. The molecule has 0 aliphatic heterocycles. The second kappa shape index (κ2) is 5.09. The highest BCUT2D eigenvalue weighted by atomic mass is 16.3. The van der Waals surface area contributed by atoms with Crippen molar-refractivity contribution in [2.75, 3.05) is 0 Å².